The quantitative estimate of drug-likeness (QED) is 0.391. The summed E-state index contributed by atoms with van der Waals surface area (Å²) in [5.74, 6) is 0. The van der Waals surface area contributed by atoms with Crippen molar-refractivity contribution in [1.82, 2.24) is 0 Å². The fourth-order valence-corrected chi connectivity index (χ4v) is 0. The van der Waals surface area contributed by atoms with Crippen LogP contribution in [0.5, 0.6) is 0 Å². The van der Waals surface area contributed by atoms with E-state index in [4.69, 9.17) is 0 Å². The van der Waals surface area contributed by atoms with Gasteiger partial charge in [0.1, 0.15) is 0 Å². The molecule has 0 aliphatic heterocycles. The number of hydrogen-bond donors (Lipinski definition) is 0. The smallest absolute Gasteiger partial charge is 0 e. The van der Waals surface area contributed by atoms with Gasteiger partial charge in [-0.3, -0.25) is 0 Å². The Morgan fingerprint density at radius 3 is 0.625 bits per heavy atom. The molecule has 0 aromatic rings. The van der Waals surface area contributed by atoms with Crippen LogP contribution in [0.2, 0.25) is 0 Å². The van der Waals surface area contributed by atoms with Gasteiger partial charge in [0.15, 0.2) is 0 Å². The van der Waals surface area contributed by atoms with Crippen molar-refractivity contribution in [3.8, 4) is 0 Å². The van der Waals surface area contributed by atoms with Crippen molar-refractivity contribution in [2.24, 2.45) is 0 Å². The predicted octanol–water partition coefficient (Wildman–Crippen LogP) is 2.14. The third-order valence-corrected chi connectivity index (χ3v) is 0. The molecule has 0 aromatic carbocycles. The molecular weight excluding hydrogens is 160 g/mol. The second-order valence-electron chi connectivity index (χ2n) is 0. The summed E-state index contributed by atoms with van der Waals surface area (Å²) in [6, 6.07) is 0. The van der Waals surface area contributed by atoms with Gasteiger partial charge in [0.2, 0.25) is 0 Å². The van der Waals surface area contributed by atoms with Gasteiger partial charge in [0.25, 0.3) is 0 Å². The molecule has 0 heterocycles. The van der Waals surface area contributed by atoms with Crippen molar-refractivity contribution in [3.05, 3.63) is 20.8 Å². The van der Waals surface area contributed by atoms with E-state index in [1.54, 1.807) is 20.8 Å². The zero-order valence-corrected chi connectivity index (χ0v) is 11.8. The molecule has 0 saturated carbocycles. The summed E-state index contributed by atoms with van der Waals surface area (Å²) < 4.78 is 0. The zero-order valence-electron chi connectivity index (χ0n) is 6.83. The van der Waals surface area contributed by atoms with Gasteiger partial charge in [-0.25, -0.2) is 0 Å². The van der Waals surface area contributed by atoms with Crippen LogP contribution in [-0.4, -0.2) is 29.6 Å². The van der Waals surface area contributed by atoms with Crippen molar-refractivity contribution < 1.29 is 19.5 Å². The number of hydrogen-bond acceptors (Lipinski definition) is 0. The van der Waals surface area contributed by atoms with Crippen molar-refractivity contribution in [3.63, 3.8) is 0 Å². The maximum absolute atomic E-state index is 3.25. The molecule has 0 spiro atoms. The summed E-state index contributed by atoms with van der Waals surface area (Å²) in [7, 11) is 0. The van der Waals surface area contributed by atoms with Gasteiger partial charge in [-0.15, -0.1) is 0 Å². The summed E-state index contributed by atoms with van der Waals surface area (Å²) in [6.45, 7) is 15.0. The van der Waals surface area contributed by atoms with E-state index in [2.05, 4.69) is 20.8 Å². The molecule has 8 heavy (non-hydrogen) atoms. The molecule has 0 aliphatic carbocycles. The average Bonchev–Trinajstić information content (AvgIpc) is 1.81. The summed E-state index contributed by atoms with van der Waals surface area (Å²) >= 11 is 0. The Morgan fingerprint density at radius 2 is 0.625 bits per heavy atom. The summed E-state index contributed by atoms with van der Waals surface area (Å²) in [5, 5.41) is 0. The second kappa shape index (κ2) is 190. The molecule has 0 aromatic heterocycles. The third kappa shape index (κ3) is 127. The minimum atomic E-state index is 0. The largest absolute Gasteiger partial charge is 0.346 e. The molecule has 0 fully saturated rings. The topological polar surface area (TPSA) is 0 Å². The van der Waals surface area contributed by atoms with Crippen LogP contribution in [0.3, 0.4) is 0 Å². The molecule has 0 N–H and O–H groups in total. The van der Waals surface area contributed by atoms with E-state index in [0.717, 1.165) is 0 Å². The van der Waals surface area contributed by atoms with Gasteiger partial charge in [-0.05, 0) is 0 Å². The average molecular weight is 176 g/mol. The normalized spacial score (nSPS) is 2.25. The van der Waals surface area contributed by atoms with Crippen LogP contribution in [-0.2, 0) is 19.5 Å². The molecule has 1 radical (unpaired) electrons. The molecule has 0 saturated heterocycles. The first kappa shape index (κ1) is 33.5. The minimum Gasteiger partial charge on any atom is -0.346 e. The van der Waals surface area contributed by atoms with Crippen molar-refractivity contribution in [2.75, 3.05) is 0 Å². The van der Waals surface area contributed by atoms with Crippen LogP contribution >= 0.6 is 0 Å². The summed E-state index contributed by atoms with van der Waals surface area (Å²) in [6.07, 6.45) is 0. The molecule has 0 amide bonds. The van der Waals surface area contributed by atoms with Crippen molar-refractivity contribution >= 4 is 29.6 Å². The van der Waals surface area contributed by atoms with Gasteiger partial charge >= 0.3 is 0 Å². The van der Waals surface area contributed by atoms with Gasteiger partial charge < -0.3 is 20.8 Å². The fourth-order valence-electron chi connectivity index (χ4n) is 0. The van der Waals surface area contributed by atoms with E-state index >= 15 is 0 Å². The Bertz CT molecular complexity index is 8.49. The van der Waals surface area contributed by atoms with Crippen LogP contribution < -0.4 is 0 Å². The fraction of sp³-hybridized carbons (Fsp3) is 0.500. The zero-order chi connectivity index (χ0) is 6.00. The summed E-state index contributed by atoms with van der Waals surface area (Å²) in [5.41, 5.74) is 0. The van der Waals surface area contributed by atoms with Crippen LogP contribution in [0.1, 0.15) is 20.8 Å². The maximum Gasteiger partial charge on any atom is 0 e. The molecule has 2 heteroatoms. The minimum absolute atomic E-state index is 0. The van der Waals surface area contributed by atoms with Crippen LogP contribution in [0, 0.1) is 20.8 Å². The summed E-state index contributed by atoms with van der Waals surface area (Å²) in [4.78, 5) is 0. The molecule has 0 atom stereocenters. The molecule has 0 unspecified atom stereocenters. The van der Waals surface area contributed by atoms with Gasteiger partial charge in [-0.2, -0.15) is 20.8 Å². The Balaban J connectivity index is -0.00000000500. The van der Waals surface area contributed by atoms with Gasteiger partial charge in [0, 0.05) is 49.0 Å². The first-order valence-electron chi connectivity index (χ1n) is 2.12. The SMILES string of the molecule is [CH2-]C.[CH2-]C.[CH2-]C.[Na].[Zn]. The number of rotatable bonds is 0. The van der Waals surface area contributed by atoms with E-state index in [1.807, 2.05) is 0 Å². The van der Waals surface area contributed by atoms with Gasteiger partial charge in [-0.1, -0.05) is 0 Å². The van der Waals surface area contributed by atoms with E-state index in [-0.39, 0.29) is 49.0 Å². The van der Waals surface area contributed by atoms with Gasteiger partial charge in [0.05, 0.1) is 0 Å². The molecule has 0 bridgehead atoms. The standard InChI is InChI=1S/3C2H5.Na.Zn/c3*1-2;;/h3*1H2,2H3;;/q3*-1;;. The molecule has 0 nitrogen and oxygen atoms in total. The molecule has 0 rings (SSSR count). The monoisotopic (exact) mass is 174 g/mol. The second-order valence-corrected chi connectivity index (χ2v) is 0. The van der Waals surface area contributed by atoms with Crippen LogP contribution in [0.4, 0.5) is 0 Å². The first-order chi connectivity index (χ1) is 3.00. The van der Waals surface area contributed by atoms with Crippen molar-refractivity contribution in [1.29, 1.82) is 0 Å². The van der Waals surface area contributed by atoms with Crippen LogP contribution in [0.25, 0.3) is 0 Å². The van der Waals surface area contributed by atoms with Crippen LogP contribution in [0.15, 0.2) is 0 Å². The Morgan fingerprint density at radius 1 is 0.625 bits per heavy atom. The van der Waals surface area contributed by atoms with E-state index in [9.17, 15) is 0 Å². The molecular formula is C6H15NaZn-3. The van der Waals surface area contributed by atoms with Crippen molar-refractivity contribution in [2.45, 2.75) is 20.8 Å². The van der Waals surface area contributed by atoms with E-state index < -0.39 is 0 Å². The van der Waals surface area contributed by atoms with E-state index in [0.29, 0.717) is 0 Å². The Kier molecular flexibility index (Phi) is 796. The maximum atomic E-state index is 3.25. The van der Waals surface area contributed by atoms with E-state index in [1.165, 1.54) is 0 Å². The Hall–Kier alpha value is 1.62. The Labute approximate surface area is 89.9 Å². The predicted molar refractivity (Wildman–Crippen MR) is 38.8 cm³/mol. The molecule has 45 valence electrons. The third-order valence-electron chi connectivity index (χ3n) is 0. The first-order valence-corrected chi connectivity index (χ1v) is 2.12. The molecule has 0 aliphatic rings.